The van der Waals surface area contributed by atoms with Gasteiger partial charge in [0.2, 0.25) is 0 Å². The van der Waals surface area contributed by atoms with Gasteiger partial charge >= 0.3 is 6.09 Å². The molecule has 1 amide bonds. The van der Waals surface area contributed by atoms with E-state index in [4.69, 9.17) is 18.9 Å². The lowest BCUT2D eigenvalue weighted by molar-refractivity contribution is -0.106. The van der Waals surface area contributed by atoms with Crippen LogP contribution in [0.5, 0.6) is 11.5 Å². The van der Waals surface area contributed by atoms with Gasteiger partial charge in [0.1, 0.15) is 17.1 Å². The molecule has 7 rings (SSSR count). The van der Waals surface area contributed by atoms with Crippen molar-refractivity contribution in [1.82, 2.24) is 4.90 Å². The van der Waals surface area contributed by atoms with Gasteiger partial charge in [-0.25, -0.2) is 4.79 Å². The quantitative estimate of drug-likeness (QED) is 0.295. The highest BCUT2D eigenvalue weighted by molar-refractivity contribution is 5.68. The summed E-state index contributed by atoms with van der Waals surface area (Å²) < 4.78 is 24.0. The molecule has 3 saturated heterocycles. The summed E-state index contributed by atoms with van der Waals surface area (Å²) >= 11 is 0. The fraction of sp³-hybridized carbons (Fsp3) is 0.500. The lowest BCUT2D eigenvalue weighted by Crippen LogP contribution is -2.61. The van der Waals surface area contributed by atoms with Crippen LogP contribution in [-0.4, -0.2) is 62.3 Å². The Morgan fingerprint density at radius 2 is 1.67 bits per heavy atom. The Bertz CT molecular complexity index is 1460. The van der Waals surface area contributed by atoms with Gasteiger partial charge in [0.25, 0.3) is 0 Å². The Morgan fingerprint density at radius 1 is 0.911 bits per heavy atom. The molecule has 238 valence electrons. The van der Waals surface area contributed by atoms with Crippen LogP contribution in [0.3, 0.4) is 0 Å². The number of carbonyl (C=O) groups excluding carboxylic acids is 1. The number of hydrogen-bond acceptors (Lipinski definition) is 6. The molecule has 3 aromatic rings. The molecule has 4 aliphatic rings. The molecule has 1 unspecified atom stereocenters. The summed E-state index contributed by atoms with van der Waals surface area (Å²) in [6.45, 7) is 10.8. The van der Waals surface area contributed by atoms with Crippen molar-refractivity contribution in [3.8, 4) is 11.5 Å². The molecular formula is C38H46N2O5. The molecule has 1 spiro atoms. The normalized spacial score (nSPS) is 24.3. The van der Waals surface area contributed by atoms with E-state index in [0.29, 0.717) is 6.61 Å². The Morgan fingerprint density at radius 3 is 2.36 bits per heavy atom. The number of rotatable bonds is 5. The topological polar surface area (TPSA) is 60.5 Å². The number of anilines is 1. The lowest BCUT2D eigenvalue weighted by Gasteiger charge is -2.55. The van der Waals surface area contributed by atoms with E-state index in [9.17, 15) is 4.79 Å². The zero-order chi connectivity index (χ0) is 31.0. The maximum atomic E-state index is 12.5. The minimum atomic E-state index is -0.458. The fourth-order valence-electron chi connectivity index (χ4n) is 7.46. The van der Waals surface area contributed by atoms with E-state index in [2.05, 4.69) is 71.6 Å². The van der Waals surface area contributed by atoms with Gasteiger partial charge < -0.3 is 28.7 Å². The minimum Gasteiger partial charge on any atom is -0.492 e. The smallest absolute Gasteiger partial charge is 0.410 e. The Hall–Kier alpha value is -3.71. The van der Waals surface area contributed by atoms with Crippen LogP contribution < -0.4 is 14.4 Å². The fourth-order valence-corrected chi connectivity index (χ4v) is 7.46. The number of likely N-dealkylation sites (tertiary alicyclic amines) is 1. The average Bonchev–Trinajstić information content (AvgIpc) is 3.03. The third-order valence-electron chi connectivity index (χ3n) is 9.92. The molecule has 4 aliphatic heterocycles. The highest BCUT2D eigenvalue weighted by Crippen LogP contribution is 2.48. The van der Waals surface area contributed by atoms with E-state index in [1.165, 1.54) is 22.4 Å². The highest BCUT2D eigenvalue weighted by atomic mass is 16.7. The molecule has 0 aliphatic carbocycles. The first-order valence-electron chi connectivity index (χ1n) is 16.7. The first-order valence-corrected chi connectivity index (χ1v) is 16.7. The van der Waals surface area contributed by atoms with E-state index in [1.807, 2.05) is 31.7 Å². The van der Waals surface area contributed by atoms with Crippen molar-refractivity contribution >= 4 is 11.8 Å². The standard InChI is InChI=1S/C38H46N2O5/c1-37(2,3)45-36(41)39-20-18-38(19-21-39)25-40(26-38)29-14-12-28(13-15-29)35-31-17-16-30(44-34-11-7-8-22-42-34)23-33(31)43-24-32(35)27-9-5-4-6-10-27/h4-6,9-10,12-17,23,32,34-35H,7-8,11,18-22,24-26H2,1-3H3/t32-,34?,35-/m1/s1. The van der Waals surface area contributed by atoms with Gasteiger partial charge in [-0.05, 0) is 75.8 Å². The van der Waals surface area contributed by atoms with Crippen molar-refractivity contribution in [1.29, 1.82) is 0 Å². The molecule has 7 nitrogen and oxygen atoms in total. The van der Waals surface area contributed by atoms with Crippen LogP contribution in [0.2, 0.25) is 0 Å². The second-order valence-corrected chi connectivity index (χ2v) is 14.3. The molecule has 3 atom stereocenters. The SMILES string of the molecule is CC(C)(C)OC(=O)N1CCC2(CC1)CN(c1ccc([C@@H]3c4ccc(OC5CCCCO5)cc4OC[C@@H]3c3ccccc3)cc1)C2. The van der Waals surface area contributed by atoms with Crippen LogP contribution in [0.1, 0.15) is 81.4 Å². The summed E-state index contributed by atoms with van der Waals surface area (Å²) in [5.41, 5.74) is 4.87. The number of carbonyl (C=O) groups is 1. The summed E-state index contributed by atoms with van der Waals surface area (Å²) in [6.07, 6.45) is 4.84. The number of ether oxygens (including phenoxy) is 4. The number of nitrogens with zero attached hydrogens (tertiary/aromatic N) is 2. The summed E-state index contributed by atoms with van der Waals surface area (Å²) in [5.74, 6) is 2.08. The molecule has 0 bridgehead atoms. The van der Waals surface area contributed by atoms with E-state index >= 15 is 0 Å². The molecule has 0 aromatic heterocycles. The van der Waals surface area contributed by atoms with E-state index in [-0.39, 0.29) is 29.6 Å². The summed E-state index contributed by atoms with van der Waals surface area (Å²) in [4.78, 5) is 16.9. The largest absolute Gasteiger partial charge is 0.492 e. The zero-order valence-electron chi connectivity index (χ0n) is 26.9. The van der Waals surface area contributed by atoms with Gasteiger partial charge in [-0.3, -0.25) is 0 Å². The Labute approximate surface area is 267 Å². The van der Waals surface area contributed by atoms with Crippen molar-refractivity contribution in [2.75, 3.05) is 44.3 Å². The molecule has 3 aromatic carbocycles. The number of benzene rings is 3. The number of fused-ring (bicyclic) bond motifs is 1. The van der Waals surface area contributed by atoms with E-state index in [0.717, 1.165) is 76.4 Å². The third kappa shape index (κ3) is 6.51. The lowest BCUT2D eigenvalue weighted by atomic mass is 9.71. The number of piperidine rings is 1. The van der Waals surface area contributed by atoms with Crippen molar-refractivity contribution in [2.45, 2.75) is 76.6 Å². The second-order valence-electron chi connectivity index (χ2n) is 14.3. The summed E-state index contributed by atoms with van der Waals surface area (Å²) in [6, 6.07) is 26.2. The van der Waals surface area contributed by atoms with Crippen molar-refractivity contribution in [3.05, 3.63) is 89.5 Å². The molecule has 7 heteroatoms. The summed E-state index contributed by atoms with van der Waals surface area (Å²) in [5, 5.41) is 0. The summed E-state index contributed by atoms with van der Waals surface area (Å²) in [7, 11) is 0. The predicted molar refractivity (Wildman–Crippen MR) is 175 cm³/mol. The van der Waals surface area contributed by atoms with Crippen LogP contribution >= 0.6 is 0 Å². The average molecular weight is 611 g/mol. The van der Waals surface area contributed by atoms with Gasteiger partial charge in [0, 0.05) is 67.2 Å². The minimum absolute atomic E-state index is 0.171. The molecule has 0 N–H and O–H groups in total. The van der Waals surface area contributed by atoms with Crippen LogP contribution in [0.15, 0.2) is 72.8 Å². The monoisotopic (exact) mass is 610 g/mol. The third-order valence-corrected chi connectivity index (χ3v) is 9.92. The highest BCUT2D eigenvalue weighted by Gasteiger charge is 2.46. The van der Waals surface area contributed by atoms with Gasteiger partial charge in [-0.1, -0.05) is 48.5 Å². The van der Waals surface area contributed by atoms with E-state index in [1.54, 1.807) is 0 Å². The Kier molecular flexibility index (Phi) is 8.15. The van der Waals surface area contributed by atoms with Crippen molar-refractivity contribution < 1.29 is 23.7 Å². The van der Waals surface area contributed by atoms with Gasteiger partial charge in [-0.2, -0.15) is 0 Å². The predicted octanol–water partition coefficient (Wildman–Crippen LogP) is 7.74. The molecule has 45 heavy (non-hydrogen) atoms. The number of hydrogen-bond donors (Lipinski definition) is 0. The number of amides is 1. The molecule has 0 radical (unpaired) electrons. The molecule has 0 saturated carbocycles. The maximum Gasteiger partial charge on any atom is 0.410 e. The second kappa shape index (κ2) is 12.2. The van der Waals surface area contributed by atoms with Crippen molar-refractivity contribution in [3.63, 3.8) is 0 Å². The molecular weight excluding hydrogens is 564 g/mol. The van der Waals surface area contributed by atoms with Gasteiger partial charge in [0.05, 0.1) is 13.2 Å². The van der Waals surface area contributed by atoms with Crippen LogP contribution in [-0.2, 0) is 9.47 Å². The van der Waals surface area contributed by atoms with Crippen LogP contribution in [0, 0.1) is 5.41 Å². The van der Waals surface area contributed by atoms with Crippen molar-refractivity contribution in [2.24, 2.45) is 5.41 Å². The molecule has 4 heterocycles. The maximum absolute atomic E-state index is 12.5. The van der Waals surface area contributed by atoms with Crippen LogP contribution in [0.25, 0.3) is 0 Å². The first-order chi connectivity index (χ1) is 21.8. The molecule has 3 fully saturated rings. The van der Waals surface area contributed by atoms with Gasteiger partial charge in [-0.15, -0.1) is 0 Å². The first kappa shape index (κ1) is 30.0. The Balaban J connectivity index is 1.05. The van der Waals surface area contributed by atoms with Crippen LogP contribution in [0.4, 0.5) is 10.5 Å². The van der Waals surface area contributed by atoms with E-state index < -0.39 is 5.60 Å². The zero-order valence-corrected chi connectivity index (χ0v) is 26.9. The van der Waals surface area contributed by atoms with Gasteiger partial charge in [0.15, 0.2) is 6.29 Å².